The molecule has 0 amide bonds. The maximum atomic E-state index is 12.7. The third-order valence-electron chi connectivity index (χ3n) is 5.31. The van der Waals surface area contributed by atoms with Crippen molar-refractivity contribution in [2.45, 2.75) is 64.5 Å². The largest absolute Gasteiger partial charge is 0.502 e. The quantitative estimate of drug-likeness (QED) is 0.230. The zero-order valence-corrected chi connectivity index (χ0v) is 22.1. The van der Waals surface area contributed by atoms with Gasteiger partial charge in [-0.05, 0) is 30.7 Å². The van der Waals surface area contributed by atoms with Crippen molar-refractivity contribution >= 4 is 35.7 Å². The van der Waals surface area contributed by atoms with Gasteiger partial charge >= 0.3 is 23.9 Å². The molecular formula is C25H30O14. The summed E-state index contributed by atoms with van der Waals surface area (Å²) in [6.07, 6.45) is -8.05. The molecule has 0 bridgehead atoms. The summed E-state index contributed by atoms with van der Waals surface area (Å²) < 4.78 is 36.6. The lowest BCUT2D eigenvalue weighted by Crippen LogP contribution is -2.65. The molecule has 1 aliphatic heterocycles. The molecule has 1 fully saturated rings. The Morgan fingerprint density at radius 3 is 1.77 bits per heavy atom. The van der Waals surface area contributed by atoms with Crippen molar-refractivity contribution in [3.05, 3.63) is 23.8 Å². The van der Waals surface area contributed by atoms with E-state index in [1.165, 1.54) is 32.4 Å². The van der Waals surface area contributed by atoms with Gasteiger partial charge in [0.2, 0.25) is 18.1 Å². The number of Topliss-reactive ketones (excluding diaryl/α,β-unsaturated/α-hetero) is 1. The number of benzene rings is 1. The lowest BCUT2D eigenvalue weighted by Gasteiger charge is -2.44. The van der Waals surface area contributed by atoms with Crippen molar-refractivity contribution < 1.29 is 67.3 Å². The molecule has 0 aliphatic carbocycles. The van der Waals surface area contributed by atoms with Crippen LogP contribution in [0.3, 0.4) is 0 Å². The molecule has 0 aromatic heterocycles. The van der Waals surface area contributed by atoms with Crippen LogP contribution < -0.4 is 9.47 Å². The van der Waals surface area contributed by atoms with Crippen LogP contribution in [0.25, 0.3) is 6.08 Å². The molecule has 1 aromatic carbocycles. The minimum atomic E-state index is -1.90. The molecule has 6 atom stereocenters. The number of hydrogen-bond donors (Lipinski definition) is 2. The van der Waals surface area contributed by atoms with Crippen LogP contribution in [0, 0.1) is 0 Å². The minimum Gasteiger partial charge on any atom is -0.502 e. The number of methoxy groups -OCH3 is 2. The first-order valence-electron chi connectivity index (χ1n) is 11.5. The van der Waals surface area contributed by atoms with Gasteiger partial charge in [-0.2, -0.15) is 0 Å². The SMILES string of the molecule is COc1cc(/C=C/C(=O)O[C@@H]2O[C@H](C(O)C(C)=O)[C@H](OC(C)=O)[C@H](OC(C)=O)[C@H]2OC(C)=O)cc(OC)c1O. The van der Waals surface area contributed by atoms with E-state index in [0.717, 1.165) is 33.8 Å². The van der Waals surface area contributed by atoms with E-state index in [1.807, 2.05) is 0 Å². The number of phenolic OH excluding ortho intramolecular Hbond substituents is 1. The molecule has 0 radical (unpaired) electrons. The number of aliphatic hydroxyl groups excluding tert-OH is 1. The van der Waals surface area contributed by atoms with Crippen molar-refractivity contribution in [3.8, 4) is 17.2 Å². The second-order valence-electron chi connectivity index (χ2n) is 8.29. The summed E-state index contributed by atoms with van der Waals surface area (Å²) in [7, 11) is 2.64. The Balaban J connectivity index is 2.45. The molecule has 14 nitrogen and oxygen atoms in total. The van der Waals surface area contributed by atoms with Gasteiger partial charge in [0, 0.05) is 26.8 Å². The standard InChI is InChI=1S/C25H30O14/c1-11(26)19(31)21-22(35-12(2)27)23(36-13(3)28)24(37-14(4)29)25(39-21)38-18(30)8-7-15-9-16(33-5)20(32)17(10-15)34-6/h7-10,19,21-25,31-32H,1-6H3/b8-7+/t19?,21-,22+,23+,24-,25-/m1/s1. The number of aliphatic hydroxyl groups is 1. The lowest BCUT2D eigenvalue weighted by atomic mass is 9.93. The van der Waals surface area contributed by atoms with Gasteiger partial charge in [0.15, 0.2) is 29.5 Å². The van der Waals surface area contributed by atoms with Crippen LogP contribution in [0.1, 0.15) is 33.3 Å². The number of phenols is 1. The normalized spacial score (nSPS) is 23.3. The first kappa shape index (κ1) is 31.1. The molecule has 1 heterocycles. The summed E-state index contributed by atoms with van der Waals surface area (Å²) >= 11 is 0. The van der Waals surface area contributed by atoms with Crippen LogP contribution in [-0.4, -0.2) is 90.9 Å². The third kappa shape index (κ3) is 8.15. The Morgan fingerprint density at radius 2 is 1.31 bits per heavy atom. The highest BCUT2D eigenvalue weighted by Gasteiger charge is 2.55. The van der Waals surface area contributed by atoms with Crippen LogP contribution in [0.15, 0.2) is 18.2 Å². The monoisotopic (exact) mass is 554 g/mol. The van der Waals surface area contributed by atoms with Crippen molar-refractivity contribution in [2.75, 3.05) is 14.2 Å². The summed E-state index contributed by atoms with van der Waals surface area (Å²) in [5, 5.41) is 20.5. The van der Waals surface area contributed by atoms with E-state index >= 15 is 0 Å². The van der Waals surface area contributed by atoms with E-state index in [9.17, 15) is 34.2 Å². The fourth-order valence-corrected chi connectivity index (χ4v) is 3.71. The highest BCUT2D eigenvalue weighted by Crippen LogP contribution is 2.37. The fourth-order valence-electron chi connectivity index (χ4n) is 3.71. The molecule has 0 spiro atoms. The minimum absolute atomic E-state index is 0.0645. The van der Waals surface area contributed by atoms with Gasteiger partial charge in [0.25, 0.3) is 0 Å². The molecule has 214 valence electrons. The number of carbonyl (C=O) groups excluding carboxylic acids is 5. The predicted molar refractivity (Wildman–Crippen MR) is 128 cm³/mol. The Bertz CT molecular complexity index is 1100. The van der Waals surface area contributed by atoms with Gasteiger partial charge in [0.1, 0.15) is 12.2 Å². The number of aromatic hydroxyl groups is 1. The number of esters is 4. The molecule has 1 aromatic rings. The highest BCUT2D eigenvalue weighted by atomic mass is 16.7. The summed E-state index contributed by atoms with van der Waals surface area (Å²) in [5.74, 6) is -4.66. The highest BCUT2D eigenvalue weighted by molar-refractivity contribution is 5.87. The van der Waals surface area contributed by atoms with Crippen LogP contribution in [0.2, 0.25) is 0 Å². The van der Waals surface area contributed by atoms with E-state index < -0.39 is 66.5 Å². The van der Waals surface area contributed by atoms with E-state index in [2.05, 4.69) is 0 Å². The molecule has 1 saturated heterocycles. The van der Waals surface area contributed by atoms with Crippen LogP contribution in [0.5, 0.6) is 17.2 Å². The van der Waals surface area contributed by atoms with Crippen LogP contribution >= 0.6 is 0 Å². The third-order valence-corrected chi connectivity index (χ3v) is 5.31. The summed E-state index contributed by atoms with van der Waals surface area (Å²) in [5.41, 5.74) is 0.358. The second-order valence-corrected chi connectivity index (χ2v) is 8.29. The van der Waals surface area contributed by atoms with Gasteiger partial charge in [0.05, 0.1) is 14.2 Å². The van der Waals surface area contributed by atoms with Crippen molar-refractivity contribution in [1.82, 2.24) is 0 Å². The maximum absolute atomic E-state index is 12.7. The number of carbonyl (C=O) groups is 5. The van der Waals surface area contributed by atoms with E-state index in [4.69, 9.17) is 33.2 Å². The Morgan fingerprint density at radius 1 is 0.821 bits per heavy atom. The molecule has 39 heavy (non-hydrogen) atoms. The van der Waals surface area contributed by atoms with Crippen LogP contribution in [0.4, 0.5) is 0 Å². The Labute approximate surface area is 223 Å². The molecule has 1 unspecified atom stereocenters. The van der Waals surface area contributed by atoms with Crippen LogP contribution in [-0.2, 0) is 47.7 Å². The molecule has 1 aliphatic rings. The number of hydrogen-bond acceptors (Lipinski definition) is 14. The van der Waals surface area contributed by atoms with Gasteiger partial charge in [-0.3, -0.25) is 19.2 Å². The topological polar surface area (TPSA) is 190 Å². The predicted octanol–water partition coefficient (Wildman–Crippen LogP) is 0.436. The van der Waals surface area contributed by atoms with Gasteiger partial charge in [-0.15, -0.1) is 0 Å². The first-order valence-corrected chi connectivity index (χ1v) is 11.5. The smallest absolute Gasteiger partial charge is 0.333 e. The number of ketones is 1. The number of rotatable bonds is 10. The van der Waals surface area contributed by atoms with E-state index in [1.54, 1.807) is 0 Å². The van der Waals surface area contributed by atoms with Gasteiger partial charge in [-0.25, -0.2) is 4.79 Å². The molecule has 2 N–H and O–H groups in total. The summed E-state index contributed by atoms with van der Waals surface area (Å²) in [4.78, 5) is 60.2. The Kier molecular flexibility index (Phi) is 10.8. The Hall–Kier alpha value is -4.17. The molecule has 0 saturated carbocycles. The van der Waals surface area contributed by atoms with E-state index in [-0.39, 0.29) is 17.2 Å². The van der Waals surface area contributed by atoms with Crippen molar-refractivity contribution in [3.63, 3.8) is 0 Å². The summed E-state index contributed by atoms with van der Waals surface area (Å²) in [6.45, 7) is 4.09. The zero-order valence-electron chi connectivity index (χ0n) is 22.1. The average Bonchev–Trinajstić information content (AvgIpc) is 2.85. The van der Waals surface area contributed by atoms with Gasteiger partial charge < -0.3 is 43.4 Å². The lowest BCUT2D eigenvalue weighted by molar-refractivity contribution is -0.304. The first-order chi connectivity index (χ1) is 18.3. The van der Waals surface area contributed by atoms with Crippen molar-refractivity contribution in [2.24, 2.45) is 0 Å². The second kappa shape index (κ2) is 13.6. The average molecular weight is 555 g/mol. The molecule has 14 heteroatoms. The zero-order chi connectivity index (χ0) is 29.4. The van der Waals surface area contributed by atoms with Crippen molar-refractivity contribution in [1.29, 1.82) is 0 Å². The summed E-state index contributed by atoms with van der Waals surface area (Å²) in [6, 6.07) is 2.81. The number of ether oxygens (including phenoxy) is 7. The fraction of sp³-hybridized carbons (Fsp3) is 0.480. The van der Waals surface area contributed by atoms with E-state index in [0.29, 0.717) is 5.56 Å². The molecular weight excluding hydrogens is 524 g/mol. The molecule has 2 rings (SSSR count). The maximum Gasteiger partial charge on any atom is 0.333 e. The van der Waals surface area contributed by atoms with Gasteiger partial charge in [-0.1, -0.05) is 0 Å².